The molecule has 0 bridgehead atoms. The monoisotopic (exact) mass is 336 g/mol. The fraction of sp³-hybridized carbons (Fsp3) is 0.200. The van der Waals surface area contributed by atoms with Crippen molar-refractivity contribution in [3.8, 4) is 0 Å². The lowest BCUT2D eigenvalue weighted by Gasteiger charge is -2.12. The Morgan fingerprint density at radius 3 is 2.59 bits per heavy atom. The Labute approximate surface area is 137 Å². The molecule has 0 aliphatic carbocycles. The van der Waals surface area contributed by atoms with Gasteiger partial charge in [0, 0.05) is 5.56 Å². The van der Waals surface area contributed by atoms with E-state index in [1.165, 1.54) is 24.9 Å². The fourth-order valence-electron chi connectivity index (χ4n) is 1.70. The SMILES string of the molecule is CSc1ncc(Cl)c(C(=O)O[C@@H](C)C(=O)c2ccccc2)n1. The van der Waals surface area contributed by atoms with E-state index >= 15 is 0 Å². The molecule has 2 aromatic rings. The molecule has 1 aromatic carbocycles. The lowest BCUT2D eigenvalue weighted by atomic mass is 10.1. The molecule has 0 aliphatic rings. The van der Waals surface area contributed by atoms with Crippen molar-refractivity contribution >= 4 is 35.1 Å². The third-order valence-electron chi connectivity index (χ3n) is 2.81. The van der Waals surface area contributed by atoms with E-state index in [-0.39, 0.29) is 16.5 Å². The molecular weight excluding hydrogens is 324 g/mol. The number of benzene rings is 1. The van der Waals surface area contributed by atoms with Gasteiger partial charge in [0.25, 0.3) is 0 Å². The van der Waals surface area contributed by atoms with Crippen LogP contribution in [-0.2, 0) is 4.74 Å². The van der Waals surface area contributed by atoms with E-state index in [4.69, 9.17) is 16.3 Å². The van der Waals surface area contributed by atoms with E-state index in [0.717, 1.165) is 0 Å². The van der Waals surface area contributed by atoms with Crippen molar-refractivity contribution in [2.45, 2.75) is 18.2 Å². The highest BCUT2D eigenvalue weighted by molar-refractivity contribution is 7.98. The second kappa shape index (κ2) is 7.38. The average Bonchev–Trinajstić information content (AvgIpc) is 2.55. The topological polar surface area (TPSA) is 69.2 Å². The molecule has 0 saturated carbocycles. The quantitative estimate of drug-likeness (QED) is 0.361. The molecule has 0 unspecified atom stereocenters. The average molecular weight is 337 g/mol. The summed E-state index contributed by atoms with van der Waals surface area (Å²) in [6.45, 7) is 1.51. The van der Waals surface area contributed by atoms with Crippen LogP contribution in [0.2, 0.25) is 5.02 Å². The summed E-state index contributed by atoms with van der Waals surface area (Å²) in [6, 6.07) is 8.62. The Morgan fingerprint density at radius 1 is 1.27 bits per heavy atom. The van der Waals surface area contributed by atoms with Gasteiger partial charge in [-0.3, -0.25) is 4.79 Å². The van der Waals surface area contributed by atoms with E-state index < -0.39 is 12.1 Å². The van der Waals surface area contributed by atoms with Gasteiger partial charge >= 0.3 is 5.97 Å². The summed E-state index contributed by atoms with van der Waals surface area (Å²) in [5.41, 5.74) is 0.426. The first-order valence-corrected chi connectivity index (χ1v) is 8.00. The summed E-state index contributed by atoms with van der Waals surface area (Å²) in [5, 5.41) is 0.487. The van der Waals surface area contributed by atoms with Gasteiger partial charge in [0.2, 0.25) is 5.78 Å². The lowest BCUT2D eigenvalue weighted by molar-refractivity contribution is 0.0312. The van der Waals surface area contributed by atoms with Gasteiger partial charge in [0.1, 0.15) is 0 Å². The molecule has 5 nitrogen and oxygen atoms in total. The Hall–Kier alpha value is -1.92. The first-order chi connectivity index (χ1) is 10.5. The number of rotatable bonds is 5. The van der Waals surface area contributed by atoms with Gasteiger partial charge in [0.05, 0.1) is 11.2 Å². The third-order valence-corrected chi connectivity index (χ3v) is 3.65. The van der Waals surface area contributed by atoms with Crippen LogP contribution in [0, 0.1) is 0 Å². The highest BCUT2D eigenvalue weighted by Crippen LogP contribution is 2.18. The van der Waals surface area contributed by atoms with Gasteiger partial charge in [0.15, 0.2) is 17.0 Å². The van der Waals surface area contributed by atoms with Crippen molar-refractivity contribution in [3.05, 3.63) is 52.8 Å². The molecule has 1 aromatic heterocycles. The van der Waals surface area contributed by atoms with Crippen molar-refractivity contribution in [1.29, 1.82) is 0 Å². The number of nitrogens with zero attached hydrogens (tertiary/aromatic N) is 2. The minimum absolute atomic E-state index is 0.0475. The summed E-state index contributed by atoms with van der Waals surface area (Å²) in [5.74, 6) is -1.04. The maximum Gasteiger partial charge on any atom is 0.359 e. The van der Waals surface area contributed by atoms with Crippen LogP contribution in [-0.4, -0.2) is 34.1 Å². The Morgan fingerprint density at radius 2 is 1.95 bits per heavy atom. The largest absolute Gasteiger partial charge is 0.449 e. The van der Waals surface area contributed by atoms with Crippen molar-refractivity contribution in [2.75, 3.05) is 6.26 Å². The van der Waals surface area contributed by atoms with Crippen LogP contribution in [0.3, 0.4) is 0 Å². The van der Waals surface area contributed by atoms with Crippen molar-refractivity contribution < 1.29 is 14.3 Å². The minimum atomic E-state index is -0.932. The second-order valence-corrected chi connectivity index (χ2v) is 5.51. The van der Waals surface area contributed by atoms with Gasteiger partial charge in [-0.05, 0) is 13.2 Å². The second-order valence-electron chi connectivity index (χ2n) is 4.33. The lowest BCUT2D eigenvalue weighted by Crippen LogP contribution is -2.25. The molecule has 1 heterocycles. The Kier molecular flexibility index (Phi) is 5.51. The van der Waals surface area contributed by atoms with Crippen LogP contribution in [0.5, 0.6) is 0 Å². The molecule has 0 radical (unpaired) electrons. The van der Waals surface area contributed by atoms with Crippen molar-refractivity contribution in [2.24, 2.45) is 0 Å². The smallest absolute Gasteiger partial charge is 0.359 e. The summed E-state index contributed by atoms with van der Waals surface area (Å²) >= 11 is 7.18. The Bertz CT molecular complexity index is 694. The number of carbonyl (C=O) groups is 2. The van der Waals surface area contributed by atoms with E-state index in [0.29, 0.717) is 10.7 Å². The maximum atomic E-state index is 12.2. The molecule has 0 aliphatic heterocycles. The molecule has 22 heavy (non-hydrogen) atoms. The molecule has 1 atom stereocenters. The molecule has 0 fully saturated rings. The molecule has 2 rings (SSSR count). The predicted octanol–water partition coefficient (Wildman–Crippen LogP) is 3.28. The van der Waals surface area contributed by atoms with Crippen LogP contribution in [0.25, 0.3) is 0 Å². The normalized spacial score (nSPS) is 11.8. The van der Waals surface area contributed by atoms with Gasteiger partial charge in [-0.15, -0.1) is 0 Å². The van der Waals surface area contributed by atoms with E-state index in [9.17, 15) is 9.59 Å². The van der Waals surface area contributed by atoms with Crippen LogP contribution in [0.15, 0.2) is 41.7 Å². The predicted molar refractivity (Wildman–Crippen MR) is 84.5 cm³/mol. The highest BCUT2D eigenvalue weighted by atomic mass is 35.5. The van der Waals surface area contributed by atoms with Crippen LogP contribution < -0.4 is 0 Å². The number of hydrogen-bond donors (Lipinski definition) is 0. The van der Waals surface area contributed by atoms with E-state index in [1.54, 1.807) is 36.6 Å². The summed E-state index contributed by atoms with van der Waals surface area (Å²) in [7, 11) is 0. The molecule has 7 heteroatoms. The minimum Gasteiger partial charge on any atom is -0.449 e. The first kappa shape index (κ1) is 16.5. The first-order valence-electron chi connectivity index (χ1n) is 6.39. The zero-order valence-electron chi connectivity index (χ0n) is 11.9. The number of carbonyl (C=O) groups excluding carboxylic acids is 2. The number of halogens is 1. The highest BCUT2D eigenvalue weighted by Gasteiger charge is 2.23. The van der Waals surface area contributed by atoms with Crippen LogP contribution >= 0.6 is 23.4 Å². The van der Waals surface area contributed by atoms with Crippen molar-refractivity contribution in [3.63, 3.8) is 0 Å². The number of ketones is 1. The van der Waals surface area contributed by atoms with E-state index in [2.05, 4.69) is 9.97 Å². The van der Waals surface area contributed by atoms with Crippen LogP contribution in [0.4, 0.5) is 0 Å². The molecule has 0 amide bonds. The number of thioether (sulfide) groups is 1. The molecule has 0 N–H and O–H groups in total. The molecule has 114 valence electrons. The third kappa shape index (κ3) is 3.84. The zero-order chi connectivity index (χ0) is 16.1. The van der Waals surface area contributed by atoms with E-state index in [1.807, 2.05) is 0 Å². The van der Waals surface area contributed by atoms with Gasteiger partial charge in [-0.1, -0.05) is 53.7 Å². The standard InChI is InChI=1S/C15H13ClN2O3S/c1-9(13(19)10-6-4-3-5-7-10)21-14(20)12-11(16)8-17-15(18-12)22-2/h3-9H,1-2H3/t9-/m0/s1. The van der Waals surface area contributed by atoms with Gasteiger partial charge in [-0.2, -0.15) is 0 Å². The summed E-state index contributed by atoms with van der Waals surface area (Å²) in [4.78, 5) is 32.3. The number of aromatic nitrogens is 2. The molecule has 0 spiro atoms. The number of esters is 1. The molecule has 0 saturated heterocycles. The Balaban J connectivity index is 2.13. The number of hydrogen-bond acceptors (Lipinski definition) is 6. The van der Waals surface area contributed by atoms with Crippen LogP contribution in [0.1, 0.15) is 27.8 Å². The fourth-order valence-corrected chi connectivity index (χ4v) is 2.21. The molecular formula is C15H13ClN2O3S. The maximum absolute atomic E-state index is 12.2. The number of ether oxygens (including phenoxy) is 1. The van der Waals surface area contributed by atoms with Gasteiger partial charge < -0.3 is 4.74 Å². The van der Waals surface area contributed by atoms with Crippen molar-refractivity contribution in [1.82, 2.24) is 9.97 Å². The summed E-state index contributed by atoms with van der Waals surface area (Å²) < 4.78 is 5.16. The zero-order valence-corrected chi connectivity index (χ0v) is 13.5. The number of Topliss-reactive ketones (excluding diaryl/α,β-unsaturated/α-hetero) is 1. The summed E-state index contributed by atoms with van der Waals surface area (Å²) in [6.07, 6.45) is 2.18. The van der Waals surface area contributed by atoms with Gasteiger partial charge in [-0.25, -0.2) is 14.8 Å².